The van der Waals surface area contributed by atoms with Crippen molar-refractivity contribution in [2.75, 3.05) is 13.1 Å². The first kappa shape index (κ1) is 12.0. The number of rotatable bonds is 4. The quantitative estimate of drug-likeness (QED) is 0.599. The molecule has 15 heavy (non-hydrogen) atoms. The van der Waals surface area contributed by atoms with Gasteiger partial charge in [0.2, 0.25) is 5.88 Å². The minimum atomic E-state index is -0.373. The zero-order chi connectivity index (χ0) is 11.5. The maximum Gasteiger partial charge on any atom is 0.242 e. The Morgan fingerprint density at radius 3 is 2.40 bits per heavy atom. The van der Waals surface area contributed by atoms with E-state index in [0.717, 1.165) is 25.9 Å². The van der Waals surface area contributed by atoms with E-state index < -0.39 is 0 Å². The molecule has 0 aromatic rings. The lowest BCUT2D eigenvalue weighted by atomic mass is 10.2. The van der Waals surface area contributed by atoms with Crippen LogP contribution in [0.25, 0.3) is 0 Å². The standard InChI is InChI=1S/C10H20N4O/c1-3-5-14(6-4-2)7-13-10(15)8(11)9(14)12/h7,9H,3-6,11-12H2,1-2H3/p+1. The van der Waals surface area contributed by atoms with Gasteiger partial charge in [0.05, 0.1) is 13.1 Å². The number of aliphatic hydroxyl groups excluding tert-OH is 1. The summed E-state index contributed by atoms with van der Waals surface area (Å²) in [7, 11) is 0. The van der Waals surface area contributed by atoms with Crippen molar-refractivity contribution < 1.29 is 9.59 Å². The van der Waals surface area contributed by atoms with E-state index in [1.807, 2.05) is 0 Å². The van der Waals surface area contributed by atoms with Gasteiger partial charge in [-0.2, -0.15) is 4.99 Å². The smallest absolute Gasteiger partial charge is 0.242 e. The lowest BCUT2D eigenvalue weighted by Gasteiger charge is -2.40. The van der Waals surface area contributed by atoms with Gasteiger partial charge in [0.15, 0.2) is 12.5 Å². The summed E-state index contributed by atoms with van der Waals surface area (Å²) in [5.41, 5.74) is 12.1. The lowest BCUT2D eigenvalue weighted by Crippen LogP contribution is -2.62. The highest BCUT2D eigenvalue weighted by molar-refractivity contribution is 5.51. The molecule has 1 unspecified atom stereocenters. The summed E-state index contributed by atoms with van der Waals surface area (Å²) >= 11 is 0. The molecule has 5 N–H and O–H groups in total. The number of aliphatic imine (C=N–C) groups is 1. The molecule has 0 aromatic heterocycles. The van der Waals surface area contributed by atoms with Crippen LogP contribution in [0.1, 0.15) is 26.7 Å². The van der Waals surface area contributed by atoms with Gasteiger partial charge in [0.1, 0.15) is 5.70 Å². The molecule has 0 spiro atoms. The summed E-state index contributed by atoms with van der Waals surface area (Å²) in [5, 5.41) is 9.38. The molecule has 0 radical (unpaired) electrons. The fraction of sp³-hybridized carbons (Fsp3) is 0.700. The molecule has 1 rings (SSSR count). The third-order valence-corrected chi connectivity index (χ3v) is 2.82. The fourth-order valence-corrected chi connectivity index (χ4v) is 2.06. The van der Waals surface area contributed by atoms with Crippen molar-refractivity contribution in [3.8, 4) is 0 Å². The number of aliphatic hydroxyl groups is 1. The van der Waals surface area contributed by atoms with Crippen molar-refractivity contribution >= 4 is 6.34 Å². The van der Waals surface area contributed by atoms with Gasteiger partial charge in [-0.3, -0.25) is 10.2 Å². The van der Waals surface area contributed by atoms with E-state index in [2.05, 4.69) is 18.8 Å². The molecule has 0 amide bonds. The molecule has 1 aliphatic rings. The van der Waals surface area contributed by atoms with Gasteiger partial charge < -0.3 is 10.8 Å². The average molecular weight is 213 g/mol. The van der Waals surface area contributed by atoms with Gasteiger partial charge in [-0.1, -0.05) is 13.8 Å². The van der Waals surface area contributed by atoms with Crippen molar-refractivity contribution in [1.29, 1.82) is 0 Å². The van der Waals surface area contributed by atoms with Gasteiger partial charge >= 0.3 is 0 Å². The number of nitrogens with zero attached hydrogens (tertiary/aromatic N) is 2. The molecular weight excluding hydrogens is 192 g/mol. The minimum absolute atomic E-state index is 0.136. The van der Waals surface area contributed by atoms with E-state index in [4.69, 9.17) is 11.5 Å². The zero-order valence-electron chi connectivity index (χ0n) is 9.48. The fourth-order valence-electron chi connectivity index (χ4n) is 2.06. The summed E-state index contributed by atoms with van der Waals surface area (Å²) in [6.07, 6.45) is 3.37. The SMILES string of the molecule is CCC[N+]1(CCC)C=NC(O)=C(N)C1N. The zero-order valence-corrected chi connectivity index (χ0v) is 9.48. The molecule has 0 fully saturated rings. The van der Waals surface area contributed by atoms with E-state index in [0.29, 0.717) is 10.2 Å². The summed E-state index contributed by atoms with van der Waals surface area (Å²) in [5.74, 6) is -0.136. The molecule has 0 saturated carbocycles. The maximum atomic E-state index is 9.38. The molecule has 1 heterocycles. The van der Waals surface area contributed by atoms with Crippen LogP contribution >= 0.6 is 0 Å². The third-order valence-electron chi connectivity index (χ3n) is 2.82. The molecule has 0 bridgehead atoms. The second-order valence-electron chi connectivity index (χ2n) is 4.02. The monoisotopic (exact) mass is 213 g/mol. The molecule has 5 heteroatoms. The Morgan fingerprint density at radius 1 is 1.40 bits per heavy atom. The third kappa shape index (κ3) is 2.13. The van der Waals surface area contributed by atoms with Crippen LogP contribution in [0.2, 0.25) is 0 Å². The van der Waals surface area contributed by atoms with E-state index >= 15 is 0 Å². The highest BCUT2D eigenvalue weighted by Gasteiger charge is 2.38. The van der Waals surface area contributed by atoms with Crippen LogP contribution in [0, 0.1) is 0 Å². The predicted octanol–water partition coefficient (Wildman–Crippen LogP) is 0.636. The minimum Gasteiger partial charge on any atom is -0.492 e. The second-order valence-corrected chi connectivity index (χ2v) is 4.02. The van der Waals surface area contributed by atoms with Crippen molar-refractivity contribution in [3.63, 3.8) is 0 Å². The van der Waals surface area contributed by atoms with Crippen molar-refractivity contribution in [1.82, 2.24) is 0 Å². The predicted molar refractivity (Wildman–Crippen MR) is 60.9 cm³/mol. The Kier molecular flexibility index (Phi) is 3.71. The van der Waals surface area contributed by atoms with Crippen molar-refractivity contribution in [2.24, 2.45) is 16.5 Å². The summed E-state index contributed by atoms with van der Waals surface area (Å²) < 4.78 is 0.545. The van der Waals surface area contributed by atoms with Gasteiger partial charge in [-0.25, -0.2) is 0 Å². The van der Waals surface area contributed by atoms with Gasteiger partial charge in [-0.15, -0.1) is 0 Å². The summed E-state index contributed by atoms with van der Waals surface area (Å²) in [6.45, 7) is 5.99. The Balaban J connectivity index is 2.97. The first-order valence-electron chi connectivity index (χ1n) is 5.43. The van der Waals surface area contributed by atoms with Gasteiger partial charge in [0, 0.05) is 0 Å². The molecule has 0 aliphatic carbocycles. The normalized spacial score (nSPS) is 24.6. The Labute approximate surface area is 90.7 Å². The Bertz CT molecular complexity index is 279. The number of nitrogens with two attached hydrogens (primary N) is 2. The van der Waals surface area contributed by atoms with Gasteiger partial charge in [-0.05, 0) is 12.8 Å². The number of quaternary nitrogens is 1. The molecule has 86 valence electrons. The van der Waals surface area contributed by atoms with Crippen LogP contribution < -0.4 is 11.5 Å². The Hall–Kier alpha value is -1.07. The van der Waals surface area contributed by atoms with Crippen LogP contribution in [0.15, 0.2) is 16.6 Å². The first-order valence-corrected chi connectivity index (χ1v) is 5.43. The van der Waals surface area contributed by atoms with E-state index in [1.54, 1.807) is 6.34 Å². The van der Waals surface area contributed by atoms with Crippen LogP contribution in [-0.2, 0) is 0 Å². The second kappa shape index (κ2) is 4.63. The van der Waals surface area contributed by atoms with E-state index in [1.165, 1.54) is 0 Å². The molecule has 1 aliphatic heterocycles. The molecule has 5 nitrogen and oxygen atoms in total. The molecule has 1 atom stereocenters. The lowest BCUT2D eigenvalue weighted by molar-refractivity contribution is -0.857. The number of hydrogen-bond donors (Lipinski definition) is 3. The summed E-state index contributed by atoms with van der Waals surface area (Å²) in [6, 6.07) is 0. The van der Waals surface area contributed by atoms with Crippen LogP contribution in [-0.4, -0.2) is 35.2 Å². The van der Waals surface area contributed by atoms with Crippen LogP contribution in [0.4, 0.5) is 0 Å². The van der Waals surface area contributed by atoms with Crippen molar-refractivity contribution in [3.05, 3.63) is 11.6 Å². The highest BCUT2D eigenvalue weighted by Crippen LogP contribution is 2.20. The van der Waals surface area contributed by atoms with E-state index in [-0.39, 0.29) is 12.0 Å². The Morgan fingerprint density at radius 2 is 1.93 bits per heavy atom. The topological polar surface area (TPSA) is 84.6 Å². The van der Waals surface area contributed by atoms with E-state index in [9.17, 15) is 5.11 Å². The largest absolute Gasteiger partial charge is 0.492 e. The number of hydrogen-bond acceptors (Lipinski definition) is 4. The molecular formula is C10H21N4O+. The van der Waals surface area contributed by atoms with Gasteiger partial charge in [0.25, 0.3) is 0 Å². The maximum absolute atomic E-state index is 9.38. The highest BCUT2D eigenvalue weighted by atomic mass is 16.3. The molecule has 0 aromatic carbocycles. The first-order chi connectivity index (χ1) is 7.07. The summed E-state index contributed by atoms with van der Waals surface area (Å²) in [4.78, 5) is 3.93. The molecule has 0 saturated heterocycles. The average Bonchev–Trinajstić information content (AvgIpc) is 2.22. The van der Waals surface area contributed by atoms with Crippen LogP contribution in [0.3, 0.4) is 0 Å². The van der Waals surface area contributed by atoms with Crippen LogP contribution in [0.5, 0.6) is 0 Å². The van der Waals surface area contributed by atoms with Crippen molar-refractivity contribution in [2.45, 2.75) is 32.9 Å².